The summed E-state index contributed by atoms with van der Waals surface area (Å²) in [6.45, 7) is 15.4. The Labute approximate surface area is 126 Å². The van der Waals surface area contributed by atoms with E-state index in [1.54, 1.807) is 0 Å². The van der Waals surface area contributed by atoms with Gasteiger partial charge in [0, 0.05) is 12.5 Å². The van der Waals surface area contributed by atoms with E-state index in [2.05, 4.69) is 27.7 Å². The molecular formula is C16H38N2O2. The van der Waals surface area contributed by atoms with Crippen LogP contribution in [0.1, 0.15) is 67.7 Å². The molecule has 0 aromatic carbocycles. The van der Waals surface area contributed by atoms with E-state index < -0.39 is 5.97 Å². The van der Waals surface area contributed by atoms with Crippen LogP contribution in [0.25, 0.3) is 0 Å². The molecule has 124 valence electrons. The highest BCUT2D eigenvalue weighted by atomic mass is 16.4. The van der Waals surface area contributed by atoms with Crippen molar-refractivity contribution in [1.29, 1.82) is 0 Å². The average molecular weight is 290 g/mol. The molecule has 0 saturated heterocycles. The lowest BCUT2D eigenvalue weighted by Gasteiger charge is -2.05. The smallest absolute Gasteiger partial charge is 0.303 e. The van der Waals surface area contributed by atoms with E-state index in [0.29, 0.717) is 6.04 Å². The fourth-order valence-corrected chi connectivity index (χ4v) is 1.43. The largest absolute Gasteiger partial charge is 0.481 e. The summed E-state index contributed by atoms with van der Waals surface area (Å²) in [6.07, 6.45) is 2.57. The number of nitrogens with two attached hydrogens (primary N) is 2. The molecule has 0 aliphatic carbocycles. The highest BCUT2D eigenvalue weighted by molar-refractivity contribution is 5.66. The highest BCUT2D eigenvalue weighted by Crippen LogP contribution is 2.00. The van der Waals surface area contributed by atoms with Crippen molar-refractivity contribution in [3.05, 3.63) is 0 Å². The Balaban J connectivity index is -0.000000218. The Kier molecular flexibility index (Phi) is 20.1. The zero-order valence-electron chi connectivity index (χ0n) is 14.6. The molecule has 0 radical (unpaired) electrons. The topological polar surface area (TPSA) is 89.3 Å². The van der Waals surface area contributed by atoms with Gasteiger partial charge in [-0.3, -0.25) is 4.79 Å². The molecule has 4 heteroatoms. The summed E-state index contributed by atoms with van der Waals surface area (Å²) in [5.74, 6) is 1.09. The van der Waals surface area contributed by atoms with E-state index in [9.17, 15) is 4.79 Å². The minimum atomic E-state index is -0.713. The van der Waals surface area contributed by atoms with E-state index in [0.717, 1.165) is 31.2 Å². The number of hydrogen-bond acceptors (Lipinski definition) is 3. The van der Waals surface area contributed by atoms with E-state index >= 15 is 0 Å². The molecule has 5 N–H and O–H groups in total. The molecule has 1 atom stereocenters. The highest BCUT2D eigenvalue weighted by Gasteiger charge is 1.98. The maximum absolute atomic E-state index is 9.81. The monoisotopic (exact) mass is 290 g/mol. The lowest BCUT2D eigenvalue weighted by molar-refractivity contribution is -0.137. The molecule has 0 aliphatic heterocycles. The third-order valence-electron chi connectivity index (χ3n) is 2.17. The van der Waals surface area contributed by atoms with Crippen LogP contribution in [0.3, 0.4) is 0 Å². The number of carboxylic acid groups (broad SMARTS) is 1. The minimum Gasteiger partial charge on any atom is -0.481 e. The van der Waals surface area contributed by atoms with Crippen LogP contribution in [0, 0.1) is 17.8 Å². The van der Waals surface area contributed by atoms with Gasteiger partial charge in [-0.15, -0.1) is 0 Å². The number of rotatable bonds is 6. The summed E-state index contributed by atoms with van der Waals surface area (Å²) in [7, 11) is 0. The molecule has 20 heavy (non-hydrogen) atoms. The van der Waals surface area contributed by atoms with Crippen LogP contribution in [0.4, 0.5) is 0 Å². The molecule has 4 nitrogen and oxygen atoms in total. The second kappa shape index (κ2) is 16.4. The van der Waals surface area contributed by atoms with Gasteiger partial charge in [0.05, 0.1) is 0 Å². The normalized spacial score (nSPS) is 11.6. The van der Waals surface area contributed by atoms with Crippen molar-refractivity contribution < 1.29 is 9.90 Å². The lowest BCUT2D eigenvalue weighted by Crippen LogP contribution is -2.16. The number of carboxylic acids is 1. The summed E-state index contributed by atoms with van der Waals surface area (Å²) >= 11 is 0. The Hall–Kier alpha value is -0.610. The number of aliphatic carboxylic acids is 1. The van der Waals surface area contributed by atoms with Crippen LogP contribution in [0.2, 0.25) is 0 Å². The Morgan fingerprint density at radius 1 is 0.950 bits per heavy atom. The third kappa shape index (κ3) is 43.3. The molecule has 0 fully saturated rings. The molecule has 0 aromatic heterocycles. The first-order valence-electron chi connectivity index (χ1n) is 7.70. The fraction of sp³-hybridized carbons (Fsp3) is 0.938. The molecule has 0 spiro atoms. The van der Waals surface area contributed by atoms with Gasteiger partial charge in [0.2, 0.25) is 0 Å². The van der Waals surface area contributed by atoms with Crippen molar-refractivity contribution in [2.24, 2.45) is 29.2 Å². The summed E-state index contributed by atoms with van der Waals surface area (Å²) in [6, 6.07) is 0.375. The Morgan fingerprint density at radius 3 is 1.40 bits per heavy atom. The van der Waals surface area contributed by atoms with Crippen molar-refractivity contribution in [2.45, 2.75) is 73.8 Å². The molecule has 1 unspecified atom stereocenters. The van der Waals surface area contributed by atoms with Gasteiger partial charge in [-0.05, 0) is 44.1 Å². The molecule has 0 aromatic rings. The van der Waals surface area contributed by atoms with Crippen molar-refractivity contribution in [3.63, 3.8) is 0 Å². The third-order valence-corrected chi connectivity index (χ3v) is 2.17. The number of hydrogen-bond donors (Lipinski definition) is 3. The molecule has 0 heterocycles. The van der Waals surface area contributed by atoms with Crippen LogP contribution in [0.15, 0.2) is 0 Å². The maximum Gasteiger partial charge on any atom is 0.303 e. The van der Waals surface area contributed by atoms with Crippen LogP contribution in [-0.4, -0.2) is 23.7 Å². The lowest BCUT2D eigenvalue weighted by atomic mass is 10.1. The molecular weight excluding hydrogens is 252 g/mol. The first-order valence-corrected chi connectivity index (χ1v) is 7.70. The average Bonchev–Trinajstić information content (AvgIpc) is 2.13. The van der Waals surface area contributed by atoms with Crippen molar-refractivity contribution in [2.75, 3.05) is 6.54 Å². The molecule has 0 rings (SSSR count). The first-order chi connectivity index (χ1) is 9.02. The van der Waals surface area contributed by atoms with Gasteiger partial charge in [0.15, 0.2) is 0 Å². The van der Waals surface area contributed by atoms with Crippen molar-refractivity contribution in [3.8, 4) is 0 Å². The summed E-state index contributed by atoms with van der Waals surface area (Å²) < 4.78 is 0. The van der Waals surface area contributed by atoms with Crippen LogP contribution < -0.4 is 11.5 Å². The zero-order valence-corrected chi connectivity index (χ0v) is 14.6. The molecule has 0 amide bonds. The van der Waals surface area contributed by atoms with Gasteiger partial charge in [-0.1, -0.05) is 41.5 Å². The summed E-state index contributed by atoms with van der Waals surface area (Å²) in [5, 5.41) is 8.08. The van der Waals surface area contributed by atoms with Crippen molar-refractivity contribution in [1.82, 2.24) is 0 Å². The first kappa shape index (κ1) is 24.4. The zero-order chi connectivity index (χ0) is 16.7. The Bertz CT molecular complexity index is 197. The number of carbonyl (C=O) groups is 1. The van der Waals surface area contributed by atoms with Gasteiger partial charge in [0.1, 0.15) is 0 Å². The van der Waals surface area contributed by atoms with Crippen LogP contribution in [-0.2, 0) is 4.79 Å². The standard InChI is InChI=1S/C6H15N.C5H13N.C5H10O2/c1-5(2)4-6(3)7;1-5(2)3-4-6;1-4(2)3-5(6)7/h5-6H,4,7H2,1-3H3;5H,3-4,6H2,1-2H3;4H,3H2,1-2H3,(H,6,7). The molecule has 0 saturated carbocycles. The van der Waals surface area contributed by atoms with E-state index in [1.807, 2.05) is 20.8 Å². The maximum atomic E-state index is 9.81. The van der Waals surface area contributed by atoms with Gasteiger partial charge in [-0.25, -0.2) is 0 Å². The van der Waals surface area contributed by atoms with Gasteiger partial charge in [-0.2, -0.15) is 0 Å². The predicted octanol–water partition coefficient (Wildman–Crippen LogP) is 3.49. The second-order valence-electron chi connectivity index (χ2n) is 6.57. The van der Waals surface area contributed by atoms with Gasteiger partial charge >= 0.3 is 5.97 Å². The fourth-order valence-electron chi connectivity index (χ4n) is 1.43. The van der Waals surface area contributed by atoms with E-state index in [-0.39, 0.29) is 12.3 Å². The summed E-state index contributed by atoms with van der Waals surface area (Å²) in [4.78, 5) is 9.81. The van der Waals surface area contributed by atoms with Gasteiger partial charge < -0.3 is 16.6 Å². The second-order valence-corrected chi connectivity index (χ2v) is 6.57. The quantitative estimate of drug-likeness (QED) is 0.698. The predicted molar refractivity (Wildman–Crippen MR) is 88.7 cm³/mol. The summed E-state index contributed by atoms with van der Waals surface area (Å²) in [5.41, 5.74) is 10.7. The molecule has 0 aliphatic rings. The van der Waals surface area contributed by atoms with E-state index in [1.165, 1.54) is 0 Å². The minimum absolute atomic E-state index is 0.275. The SMILES string of the molecule is CC(C)CC(=O)O.CC(C)CC(C)N.CC(C)CCN. The van der Waals surface area contributed by atoms with Gasteiger partial charge in [0.25, 0.3) is 0 Å². The van der Waals surface area contributed by atoms with Crippen molar-refractivity contribution >= 4 is 5.97 Å². The van der Waals surface area contributed by atoms with E-state index in [4.69, 9.17) is 16.6 Å². The Morgan fingerprint density at radius 2 is 1.40 bits per heavy atom. The van der Waals surface area contributed by atoms with Crippen LogP contribution in [0.5, 0.6) is 0 Å². The van der Waals surface area contributed by atoms with Crippen LogP contribution >= 0.6 is 0 Å². The molecule has 0 bridgehead atoms.